The lowest BCUT2D eigenvalue weighted by Crippen LogP contribution is -2.02. The lowest BCUT2D eigenvalue weighted by molar-refractivity contribution is -0.286. The van der Waals surface area contributed by atoms with Crippen LogP contribution in [0.1, 0.15) is 51.4 Å². The first kappa shape index (κ1) is 31.8. The molecule has 3 aromatic rings. The monoisotopic (exact) mass is 564 g/mol. The maximum Gasteiger partial charge on any atom is 0.330 e. The second-order valence-corrected chi connectivity index (χ2v) is 9.66. The number of esters is 1. The molecule has 6 nitrogen and oxygen atoms in total. The molecule has 0 unspecified atom stereocenters. The van der Waals surface area contributed by atoms with Crippen LogP contribution >= 0.6 is 0 Å². The number of ether oxygens (including phenoxy) is 3. The highest BCUT2D eigenvalue weighted by Gasteiger charge is 2.09. The van der Waals surface area contributed by atoms with Crippen LogP contribution in [-0.2, 0) is 19.3 Å². The van der Waals surface area contributed by atoms with Crippen LogP contribution in [0.5, 0.6) is 11.5 Å². The summed E-state index contributed by atoms with van der Waals surface area (Å²) in [5, 5.41) is 2.05. The molecule has 0 amide bonds. The van der Waals surface area contributed by atoms with Gasteiger partial charge in [-0.15, -0.1) is 6.58 Å². The van der Waals surface area contributed by atoms with Gasteiger partial charge in [-0.25, -0.2) is 19.0 Å². The van der Waals surface area contributed by atoms with Crippen LogP contribution in [0.15, 0.2) is 79.9 Å². The second-order valence-electron chi connectivity index (χ2n) is 9.66. The highest BCUT2D eigenvalue weighted by molar-refractivity contribution is 5.88. The van der Waals surface area contributed by atoms with Crippen molar-refractivity contribution in [1.29, 1.82) is 0 Å². The van der Waals surface area contributed by atoms with E-state index in [1.165, 1.54) is 12.1 Å². The summed E-state index contributed by atoms with van der Waals surface area (Å²) in [5.74, 6) is 0.656. The van der Waals surface area contributed by atoms with E-state index in [2.05, 4.69) is 13.2 Å². The molecule has 41 heavy (non-hydrogen) atoms. The van der Waals surface area contributed by atoms with E-state index in [1.807, 2.05) is 42.5 Å². The van der Waals surface area contributed by atoms with Crippen molar-refractivity contribution in [2.75, 3.05) is 33.0 Å². The quantitative estimate of drug-likeness (QED) is 0.0323. The zero-order chi connectivity index (χ0) is 29.1. The highest BCUT2D eigenvalue weighted by Crippen LogP contribution is 2.30. The Labute approximate surface area is 242 Å². The number of halogens is 1. The molecule has 0 spiro atoms. The smallest absolute Gasteiger partial charge is 0.330 e. The molecule has 220 valence electrons. The van der Waals surface area contributed by atoms with Gasteiger partial charge >= 0.3 is 5.97 Å². The molecule has 0 fully saturated rings. The van der Waals surface area contributed by atoms with Crippen LogP contribution in [0.25, 0.3) is 21.9 Å². The molecule has 7 heteroatoms. The molecule has 0 heterocycles. The van der Waals surface area contributed by atoms with Gasteiger partial charge < -0.3 is 14.2 Å². The average Bonchev–Trinajstić information content (AvgIpc) is 2.99. The average molecular weight is 565 g/mol. The number of carbonyl (C=O) groups excluding carboxylic acids is 1. The van der Waals surface area contributed by atoms with Gasteiger partial charge in [-0.3, -0.25) is 0 Å². The molecule has 0 aliphatic heterocycles. The summed E-state index contributed by atoms with van der Waals surface area (Å²) in [7, 11) is 0. The summed E-state index contributed by atoms with van der Waals surface area (Å²) >= 11 is 0. The Balaban J connectivity index is 1.39. The maximum absolute atomic E-state index is 15.0. The molecule has 0 atom stereocenters. The summed E-state index contributed by atoms with van der Waals surface area (Å²) in [4.78, 5) is 20.9. The molecule has 0 N–H and O–H groups in total. The van der Waals surface area contributed by atoms with E-state index < -0.39 is 0 Å². The van der Waals surface area contributed by atoms with Gasteiger partial charge in [0.2, 0.25) is 0 Å². The van der Waals surface area contributed by atoms with E-state index in [1.54, 1.807) is 12.1 Å². The van der Waals surface area contributed by atoms with Crippen LogP contribution in [0.4, 0.5) is 4.39 Å². The SMILES string of the molecule is C=CCOOCCCCCCOc1ccc(-c2ccc3cc(OCCCCCCOC(=O)C=C)ccc3c2)c(F)c1. The summed E-state index contributed by atoms with van der Waals surface area (Å²) in [5.41, 5.74) is 1.35. The standard InChI is InChI=1S/C34H41FO6/c1-3-19-40-41-23-12-8-7-10-21-38-31-17-18-32(33(35)26-31)29-14-13-28-25-30(16-15-27(28)24-29)37-20-9-5-6-11-22-39-34(36)4-2/h3-4,13-18,24-26H,1-2,5-12,19-23H2. The fraction of sp³-hybridized carbons (Fsp3) is 0.382. The number of hydrogen-bond donors (Lipinski definition) is 0. The van der Waals surface area contributed by atoms with Gasteiger partial charge in [-0.05, 0) is 91.6 Å². The molecular weight excluding hydrogens is 523 g/mol. The van der Waals surface area contributed by atoms with Crippen LogP contribution in [0.3, 0.4) is 0 Å². The van der Waals surface area contributed by atoms with Crippen molar-refractivity contribution in [2.24, 2.45) is 0 Å². The third-order valence-electron chi connectivity index (χ3n) is 6.44. The zero-order valence-electron chi connectivity index (χ0n) is 23.8. The van der Waals surface area contributed by atoms with Crippen molar-refractivity contribution in [2.45, 2.75) is 51.4 Å². The van der Waals surface area contributed by atoms with Crippen molar-refractivity contribution >= 4 is 16.7 Å². The number of carbonyl (C=O) groups is 1. The van der Waals surface area contributed by atoms with E-state index in [9.17, 15) is 9.18 Å². The maximum atomic E-state index is 15.0. The minimum atomic E-state index is -0.378. The molecule has 0 aliphatic carbocycles. The minimum Gasteiger partial charge on any atom is -0.494 e. The molecule has 3 aromatic carbocycles. The van der Waals surface area contributed by atoms with Gasteiger partial charge in [-0.1, -0.05) is 37.3 Å². The molecule has 3 rings (SSSR count). The minimum absolute atomic E-state index is 0.308. The molecule has 0 radical (unpaired) electrons. The Bertz CT molecular complexity index is 1240. The molecule has 0 saturated heterocycles. The van der Waals surface area contributed by atoms with Gasteiger partial charge in [0.05, 0.1) is 26.4 Å². The lowest BCUT2D eigenvalue weighted by Gasteiger charge is -2.11. The topological polar surface area (TPSA) is 63.2 Å². The van der Waals surface area contributed by atoms with E-state index >= 15 is 0 Å². The Morgan fingerprint density at radius 2 is 1.29 bits per heavy atom. The van der Waals surface area contributed by atoms with Gasteiger partial charge in [0.15, 0.2) is 0 Å². The Kier molecular flexibility index (Phi) is 14.5. The normalized spacial score (nSPS) is 10.9. The largest absolute Gasteiger partial charge is 0.494 e. The van der Waals surface area contributed by atoms with Crippen molar-refractivity contribution in [3.63, 3.8) is 0 Å². The molecule has 0 aromatic heterocycles. The third kappa shape index (κ3) is 11.8. The Hall–Kier alpha value is -3.68. The van der Waals surface area contributed by atoms with Crippen LogP contribution in [-0.4, -0.2) is 39.0 Å². The van der Waals surface area contributed by atoms with Gasteiger partial charge in [0.25, 0.3) is 0 Å². The summed E-state index contributed by atoms with van der Waals surface area (Å²) in [6.07, 6.45) is 10.4. The predicted molar refractivity (Wildman–Crippen MR) is 161 cm³/mol. The fourth-order valence-electron chi connectivity index (χ4n) is 4.24. The van der Waals surface area contributed by atoms with Crippen molar-refractivity contribution < 1.29 is 33.2 Å². The summed E-state index contributed by atoms with van der Waals surface area (Å²) in [6.45, 7) is 9.47. The fourth-order valence-corrected chi connectivity index (χ4v) is 4.24. The van der Waals surface area contributed by atoms with Crippen LogP contribution < -0.4 is 9.47 Å². The van der Waals surface area contributed by atoms with E-state index in [0.29, 0.717) is 44.3 Å². The summed E-state index contributed by atoms with van der Waals surface area (Å²) in [6, 6.07) is 16.9. The molecule has 0 aliphatic rings. The Morgan fingerprint density at radius 1 is 0.683 bits per heavy atom. The van der Waals surface area contributed by atoms with Crippen molar-refractivity contribution in [3.8, 4) is 22.6 Å². The number of benzene rings is 3. The highest BCUT2D eigenvalue weighted by atomic mass is 19.1. The van der Waals surface area contributed by atoms with Gasteiger partial charge in [0.1, 0.15) is 23.9 Å². The first-order chi connectivity index (χ1) is 20.1. The molecule has 0 bridgehead atoms. The number of unbranched alkanes of at least 4 members (excludes halogenated alkanes) is 6. The van der Waals surface area contributed by atoms with Crippen LogP contribution in [0.2, 0.25) is 0 Å². The zero-order valence-corrected chi connectivity index (χ0v) is 23.8. The van der Waals surface area contributed by atoms with Crippen molar-refractivity contribution in [1.82, 2.24) is 0 Å². The summed E-state index contributed by atoms with van der Waals surface area (Å²) < 4.78 is 31.6. The van der Waals surface area contributed by atoms with Crippen LogP contribution in [0, 0.1) is 5.82 Å². The van der Waals surface area contributed by atoms with E-state index in [4.69, 9.17) is 24.0 Å². The first-order valence-electron chi connectivity index (χ1n) is 14.3. The third-order valence-corrected chi connectivity index (χ3v) is 6.44. The van der Waals surface area contributed by atoms with Gasteiger partial charge in [-0.2, -0.15) is 0 Å². The lowest BCUT2D eigenvalue weighted by atomic mass is 10.0. The molecule has 0 saturated carbocycles. The van der Waals surface area contributed by atoms with E-state index in [0.717, 1.165) is 73.5 Å². The predicted octanol–water partition coefficient (Wildman–Crippen LogP) is 8.39. The Morgan fingerprint density at radius 3 is 1.98 bits per heavy atom. The second kappa shape index (κ2) is 18.6. The van der Waals surface area contributed by atoms with E-state index in [-0.39, 0.29) is 11.8 Å². The first-order valence-corrected chi connectivity index (χ1v) is 14.3. The number of rotatable bonds is 21. The number of hydrogen-bond acceptors (Lipinski definition) is 6. The number of fused-ring (bicyclic) bond motifs is 1. The molecular formula is C34H41FO6. The van der Waals surface area contributed by atoms with Gasteiger partial charge in [0, 0.05) is 17.7 Å². The van der Waals surface area contributed by atoms with Crippen molar-refractivity contribution in [3.05, 3.63) is 85.7 Å².